The van der Waals surface area contributed by atoms with Crippen molar-refractivity contribution in [3.63, 3.8) is 0 Å². The van der Waals surface area contributed by atoms with E-state index < -0.39 is 0 Å². The molecule has 1 aliphatic carbocycles. The smallest absolute Gasteiger partial charge is 0.0628 e. The maximum absolute atomic E-state index is 9.64. The summed E-state index contributed by atoms with van der Waals surface area (Å²) >= 11 is 0. The highest BCUT2D eigenvalue weighted by molar-refractivity contribution is 5.02. The van der Waals surface area contributed by atoms with Gasteiger partial charge in [0.1, 0.15) is 0 Å². The Morgan fingerprint density at radius 2 is 1.81 bits per heavy atom. The molecule has 1 fully saturated rings. The number of nitrogens with one attached hydrogen (secondary N) is 1. The minimum atomic E-state index is -0.0833. The summed E-state index contributed by atoms with van der Waals surface area (Å²) < 4.78 is 0. The Kier molecular flexibility index (Phi) is 4.38. The van der Waals surface area contributed by atoms with Crippen LogP contribution in [0.2, 0.25) is 0 Å². The molecule has 96 valence electrons. The second-order valence-electron chi connectivity index (χ2n) is 6.57. The monoisotopic (exact) mass is 228 g/mol. The second kappa shape index (κ2) is 5.03. The molecule has 0 aromatic carbocycles. The predicted octanol–water partition coefficient (Wildman–Crippen LogP) is 1.32. The number of nitrogens with zero attached hydrogens (tertiary/aromatic N) is 1. The molecule has 0 spiro atoms. The number of likely N-dealkylation sites (N-methyl/N-ethyl adjacent to an activating group) is 2. The maximum Gasteiger partial charge on any atom is 0.0628 e. The molecule has 0 radical (unpaired) electrons. The van der Waals surface area contributed by atoms with Gasteiger partial charge in [0.15, 0.2) is 0 Å². The van der Waals surface area contributed by atoms with Gasteiger partial charge in [-0.2, -0.15) is 0 Å². The molecule has 0 aromatic heterocycles. The van der Waals surface area contributed by atoms with E-state index in [1.165, 1.54) is 12.8 Å². The third kappa shape index (κ3) is 3.72. The SMILES string of the molecule is CNC(CO)(CN(C)CC(C)(C)C)C1CC1. The molecule has 0 aliphatic heterocycles. The molecule has 0 heterocycles. The number of aliphatic hydroxyl groups is 1. The van der Waals surface area contributed by atoms with Crippen LogP contribution in [0.3, 0.4) is 0 Å². The molecule has 1 saturated carbocycles. The van der Waals surface area contributed by atoms with E-state index in [1.807, 2.05) is 7.05 Å². The Morgan fingerprint density at radius 3 is 2.12 bits per heavy atom. The van der Waals surface area contributed by atoms with Crippen LogP contribution in [0.5, 0.6) is 0 Å². The first-order valence-corrected chi connectivity index (χ1v) is 6.31. The molecule has 3 heteroatoms. The molecule has 1 atom stereocenters. The highest BCUT2D eigenvalue weighted by Gasteiger charge is 2.44. The van der Waals surface area contributed by atoms with Gasteiger partial charge < -0.3 is 15.3 Å². The van der Waals surface area contributed by atoms with Crippen molar-refractivity contribution in [3.8, 4) is 0 Å². The van der Waals surface area contributed by atoms with Crippen LogP contribution in [0.1, 0.15) is 33.6 Å². The van der Waals surface area contributed by atoms with Crippen molar-refractivity contribution in [2.24, 2.45) is 11.3 Å². The first-order valence-electron chi connectivity index (χ1n) is 6.31. The van der Waals surface area contributed by atoms with Crippen molar-refractivity contribution in [3.05, 3.63) is 0 Å². The van der Waals surface area contributed by atoms with E-state index in [0.29, 0.717) is 11.3 Å². The van der Waals surface area contributed by atoms with Crippen LogP contribution in [0.25, 0.3) is 0 Å². The summed E-state index contributed by atoms with van der Waals surface area (Å²) in [5.74, 6) is 0.657. The van der Waals surface area contributed by atoms with Crippen molar-refractivity contribution in [1.29, 1.82) is 0 Å². The summed E-state index contributed by atoms with van der Waals surface area (Å²) in [4.78, 5) is 2.34. The number of aliphatic hydroxyl groups excluding tert-OH is 1. The Bertz CT molecular complexity index is 214. The molecule has 0 aromatic rings. The van der Waals surface area contributed by atoms with Gasteiger partial charge in [0.2, 0.25) is 0 Å². The highest BCUT2D eigenvalue weighted by atomic mass is 16.3. The minimum Gasteiger partial charge on any atom is -0.394 e. The van der Waals surface area contributed by atoms with E-state index in [-0.39, 0.29) is 12.1 Å². The van der Waals surface area contributed by atoms with Crippen LogP contribution < -0.4 is 5.32 Å². The summed E-state index contributed by atoms with van der Waals surface area (Å²) in [5.41, 5.74) is 0.229. The van der Waals surface area contributed by atoms with Crippen molar-refractivity contribution in [1.82, 2.24) is 10.2 Å². The molecule has 0 saturated heterocycles. The standard InChI is InChI=1S/C13H28N2O/c1-12(2,3)8-15(5)9-13(10-16,14-4)11-6-7-11/h11,14,16H,6-10H2,1-5H3. The van der Waals surface area contributed by atoms with Gasteiger partial charge in [-0.3, -0.25) is 0 Å². The fourth-order valence-electron chi connectivity index (χ4n) is 2.65. The summed E-state index contributed by atoms with van der Waals surface area (Å²) in [6.45, 7) is 8.98. The van der Waals surface area contributed by atoms with Crippen LogP contribution in [-0.2, 0) is 0 Å². The normalized spacial score (nSPS) is 21.2. The van der Waals surface area contributed by atoms with Gasteiger partial charge in [0, 0.05) is 13.1 Å². The Labute approximate surface area is 100 Å². The van der Waals surface area contributed by atoms with E-state index in [2.05, 4.69) is 38.0 Å². The van der Waals surface area contributed by atoms with Gasteiger partial charge in [0.05, 0.1) is 12.1 Å². The lowest BCUT2D eigenvalue weighted by Gasteiger charge is -2.38. The van der Waals surface area contributed by atoms with Crippen molar-refractivity contribution in [2.45, 2.75) is 39.2 Å². The van der Waals surface area contributed by atoms with Gasteiger partial charge in [-0.05, 0) is 38.3 Å². The molecule has 3 nitrogen and oxygen atoms in total. The molecule has 0 amide bonds. The summed E-state index contributed by atoms with van der Waals surface area (Å²) in [5, 5.41) is 13.0. The molecule has 1 aliphatic rings. The van der Waals surface area contributed by atoms with E-state index in [1.54, 1.807) is 0 Å². The van der Waals surface area contributed by atoms with Gasteiger partial charge in [-0.15, -0.1) is 0 Å². The van der Waals surface area contributed by atoms with Crippen LogP contribution in [0, 0.1) is 11.3 Å². The van der Waals surface area contributed by atoms with Gasteiger partial charge in [-0.1, -0.05) is 20.8 Å². The van der Waals surface area contributed by atoms with Crippen molar-refractivity contribution in [2.75, 3.05) is 33.8 Å². The lowest BCUT2D eigenvalue weighted by Crippen LogP contribution is -2.56. The van der Waals surface area contributed by atoms with Crippen LogP contribution in [0.4, 0.5) is 0 Å². The minimum absolute atomic E-state index is 0.0833. The Balaban J connectivity index is 2.54. The topological polar surface area (TPSA) is 35.5 Å². The lowest BCUT2D eigenvalue weighted by molar-refractivity contribution is 0.0932. The quantitative estimate of drug-likeness (QED) is 0.720. The largest absolute Gasteiger partial charge is 0.394 e. The average molecular weight is 228 g/mol. The molecule has 1 rings (SSSR count). The third-order valence-electron chi connectivity index (χ3n) is 3.44. The fourth-order valence-corrected chi connectivity index (χ4v) is 2.65. The molecule has 1 unspecified atom stereocenters. The van der Waals surface area contributed by atoms with Crippen LogP contribution in [-0.4, -0.2) is 49.3 Å². The molecular formula is C13H28N2O. The van der Waals surface area contributed by atoms with Gasteiger partial charge in [0.25, 0.3) is 0 Å². The first-order chi connectivity index (χ1) is 7.33. The Morgan fingerprint density at radius 1 is 1.25 bits per heavy atom. The van der Waals surface area contributed by atoms with E-state index in [4.69, 9.17) is 0 Å². The fraction of sp³-hybridized carbons (Fsp3) is 1.00. The van der Waals surface area contributed by atoms with Gasteiger partial charge in [-0.25, -0.2) is 0 Å². The Hall–Kier alpha value is -0.120. The molecule has 2 N–H and O–H groups in total. The second-order valence-corrected chi connectivity index (χ2v) is 6.57. The summed E-state index contributed by atoms with van der Waals surface area (Å²) in [6, 6.07) is 0. The van der Waals surface area contributed by atoms with Crippen molar-refractivity contribution >= 4 is 0 Å². The number of rotatable bonds is 6. The number of hydrogen-bond acceptors (Lipinski definition) is 3. The third-order valence-corrected chi connectivity index (χ3v) is 3.44. The van der Waals surface area contributed by atoms with Gasteiger partial charge >= 0.3 is 0 Å². The van der Waals surface area contributed by atoms with Crippen LogP contribution in [0.15, 0.2) is 0 Å². The zero-order valence-corrected chi connectivity index (χ0v) is 11.5. The van der Waals surface area contributed by atoms with E-state index in [0.717, 1.165) is 13.1 Å². The highest BCUT2D eigenvalue weighted by Crippen LogP contribution is 2.39. The number of hydrogen-bond donors (Lipinski definition) is 2. The van der Waals surface area contributed by atoms with E-state index in [9.17, 15) is 5.11 Å². The maximum atomic E-state index is 9.64. The predicted molar refractivity (Wildman–Crippen MR) is 68.6 cm³/mol. The van der Waals surface area contributed by atoms with Crippen molar-refractivity contribution < 1.29 is 5.11 Å². The summed E-state index contributed by atoms with van der Waals surface area (Å²) in [6.07, 6.45) is 2.51. The summed E-state index contributed by atoms with van der Waals surface area (Å²) in [7, 11) is 4.12. The molecule has 16 heavy (non-hydrogen) atoms. The lowest BCUT2D eigenvalue weighted by atomic mass is 9.91. The zero-order chi connectivity index (χ0) is 12.4. The van der Waals surface area contributed by atoms with Crippen LogP contribution >= 0.6 is 0 Å². The first kappa shape index (κ1) is 13.9. The van der Waals surface area contributed by atoms with E-state index >= 15 is 0 Å². The average Bonchev–Trinajstić information content (AvgIpc) is 2.94. The molecule has 0 bridgehead atoms. The molecular weight excluding hydrogens is 200 g/mol. The zero-order valence-electron chi connectivity index (χ0n) is 11.5.